The SMILES string of the molecule is FC(F)(F)c1ccc(C=NNc2nc(Nc3ccccc3)nc(Nc3ccccc3)n2)cc1. The third kappa shape index (κ3) is 6.26. The number of benzene rings is 3. The van der Waals surface area contributed by atoms with Crippen molar-refractivity contribution in [1.82, 2.24) is 15.0 Å². The zero-order valence-electron chi connectivity index (χ0n) is 17.1. The molecule has 33 heavy (non-hydrogen) atoms. The summed E-state index contributed by atoms with van der Waals surface area (Å²) in [6, 6.07) is 23.4. The highest BCUT2D eigenvalue weighted by molar-refractivity contribution is 5.80. The number of aromatic nitrogens is 3. The molecule has 4 aromatic rings. The smallest absolute Gasteiger partial charge is 0.324 e. The quantitative estimate of drug-likeness (QED) is 0.243. The number of nitrogens with one attached hydrogen (secondary N) is 3. The fourth-order valence-corrected chi connectivity index (χ4v) is 2.76. The van der Waals surface area contributed by atoms with Gasteiger partial charge in [-0.1, -0.05) is 48.5 Å². The molecule has 3 N–H and O–H groups in total. The van der Waals surface area contributed by atoms with Crippen molar-refractivity contribution >= 4 is 35.4 Å². The first-order valence-corrected chi connectivity index (χ1v) is 9.82. The summed E-state index contributed by atoms with van der Waals surface area (Å²) in [5.74, 6) is 0.703. The van der Waals surface area contributed by atoms with Gasteiger partial charge in [0.05, 0.1) is 11.8 Å². The van der Waals surface area contributed by atoms with E-state index in [0.717, 1.165) is 23.5 Å². The lowest BCUT2D eigenvalue weighted by Gasteiger charge is -2.10. The van der Waals surface area contributed by atoms with Crippen molar-refractivity contribution in [2.45, 2.75) is 6.18 Å². The van der Waals surface area contributed by atoms with Gasteiger partial charge < -0.3 is 10.6 Å². The van der Waals surface area contributed by atoms with Gasteiger partial charge in [0.1, 0.15) is 0 Å². The molecule has 1 heterocycles. The summed E-state index contributed by atoms with van der Waals surface area (Å²) in [5, 5.41) is 10.2. The number of anilines is 5. The molecule has 0 bridgehead atoms. The Morgan fingerprint density at radius 3 is 1.61 bits per heavy atom. The molecule has 0 aliphatic heterocycles. The van der Waals surface area contributed by atoms with E-state index in [0.29, 0.717) is 5.56 Å². The van der Waals surface area contributed by atoms with E-state index in [1.165, 1.54) is 18.3 Å². The van der Waals surface area contributed by atoms with Crippen molar-refractivity contribution in [3.63, 3.8) is 0 Å². The van der Waals surface area contributed by atoms with E-state index >= 15 is 0 Å². The van der Waals surface area contributed by atoms with Gasteiger partial charge in [0, 0.05) is 11.4 Å². The van der Waals surface area contributed by atoms with E-state index in [4.69, 9.17) is 0 Å². The Kier molecular flexibility index (Phi) is 6.44. The van der Waals surface area contributed by atoms with Gasteiger partial charge >= 0.3 is 6.18 Å². The topological polar surface area (TPSA) is 87.1 Å². The summed E-state index contributed by atoms with van der Waals surface area (Å²) in [6.07, 6.45) is -3.01. The second-order valence-corrected chi connectivity index (χ2v) is 6.78. The van der Waals surface area contributed by atoms with Gasteiger partial charge in [-0.05, 0) is 42.0 Å². The molecule has 1 aromatic heterocycles. The molecule has 0 aliphatic carbocycles. The number of hydrogen-bond acceptors (Lipinski definition) is 7. The molecule has 0 saturated carbocycles. The Morgan fingerprint density at radius 2 is 1.12 bits per heavy atom. The van der Waals surface area contributed by atoms with Crippen LogP contribution in [0.1, 0.15) is 11.1 Å². The van der Waals surface area contributed by atoms with Crippen molar-refractivity contribution < 1.29 is 13.2 Å². The molecule has 166 valence electrons. The van der Waals surface area contributed by atoms with Gasteiger partial charge in [-0.25, -0.2) is 5.43 Å². The van der Waals surface area contributed by atoms with Gasteiger partial charge in [0.15, 0.2) is 0 Å². The molecule has 0 amide bonds. The minimum absolute atomic E-state index is 0.144. The van der Waals surface area contributed by atoms with Gasteiger partial charge in [-0.3, -0.25) is 0 Å². The van der Waals surface area contributed by atoms with Gasteiger partial charge in [-0.15, -0.1) is 0 Å². The monoisotopic (exact) mass is 449 g/mol. The minimum Gasteiger partial charge on any atom is -0.324 e. The van der Waals surface area contributed by atoms with Crippen LogP contribution >= 0.6 is 0 Å². The van der Waals surface area contributed by atoms with E-state index in [1.807, 2.05) is 60.7 Å². The predicted molar refractivity (Wildman–Crippen MR) is 122 cm³/mol. The van der Waals surface area contributed by atoms with Crippen LogP contribution in [-0.2, 0) is 6.18 Å². The van der Waals surface area contributed by atoms with Crippen LogP contribution in [0.2, 0.25) is 0 Å². The second kappa shape index (κ2) is 9.77. The Morgan fingerprint density at radius 1 is 0.636 bits per heavy atom. The normalized spacial score (nSPS) is 11.4. The second-order valence-electron chi connectivity index (χ2n) is 6.78. The standard InChI is InChI=1S/C23H18F3N7/c24-23(25,26)17-13-11-16(12-14-17)15-27-33-22-31-20(28-18-7-3-1-4-8-18)30-21(32-22)29-19-9-5-2-6-10-19/h1-15H,(H3,28,29,30,31,32,33). The third-order valence-corrected chi connectivity index (χ3v) is 4.31. The number of halogens is 3. The van der Waals surface area contributed by atoms with Crippen LogP contribution in [0, 0.1) is 0 Å². The molecule has 4 rings (SSSR count). The molecule has 0 atom stereocenters. The van der Waals surface area contributed by atoms with Crippen molar-refractivity contribution in [3.05, 3.63) is 96.1 Å². The summed E-state index contributed by atoms with van der Waals surface area (Å²) in [5.41, 5.74) is 4.02. The van der Waals surface area contributed by atoms with Crippen LogP contribution in [0.3, 0.4) is 0 Å². The molecule has 0 saturated heterocycles. The van der Waals surface area contributed by atoms with Gasteiger partial charge in [0.2, 0.25) is 17.8 Å². The van der Waals surface area contributed by atoms with E-state index in [2.05, 4.69) is 36.1 Å². The minimum atomic E-state index is -4.39. The zero-order chi connectivity index (χ0) is 23.1. The van der Waals surface area contributed by atoms with E-state index in [-0.39, 0.29) is 17.8 Å². The van der Waals surface area contributed by atoms with Crippen molar-refractivity contribution in [3.8, 4) is 0 Å². The van der Waals surface area contributed by atoms with Crippen LogP contribution in [0.25, 0.3) is 0 Å². The van der Waals surface area contributed by atoms with Crippen LogP contribution in [0.4, 0.5) is 42.4 Å². The molecule has 0 unspecified atom stereocenters. The summed E-state index contributed by atoms with van der Waals surface area (Å²) in [7, 11) is 0. The molecule has 10 heteroatoms. The third-order valence-electron chi connectivity index (χ3n) is 4.31. The number of para-hydroxylation sites is 2. The Hall–Kier alpha value is -4.47. The molecule has 3 aromatic carbocycles. The Balaban J connectivity index is 1.53. The van der Waals surface area contributed by atoms with Crippen LogP contribution in [0.15, 0.2) is 90.0 Å². The predicted octanol–water partition coefficient (Wildman–Crippen LogP) is 5.82. The maximum Gasteiger partial charge on any atom is 0.416 e. The maximum atomic E-state index is 12.7. The summed E-state index contributed by atoms with van der Waals surface area (Å²) in [4.78, 5) is 13.0. The number of hydrogen-bond donors (Lipinski definition) is 3. The summed E-state index contributed by atoms with van der Waals surface area (Å²) >= 11 is 0. The highest BCUT2D eigenvalue weighted by Crippen LogP contribution is 2.28. The number of alkyl halides is 3. The lowest BCUT2D eigenvalue weighted by Crippen LogP contribution is -2.07. The number of nitrogens with zero attached hydrogens (tertiary/aromatic N) is 4. The molecule has 0 spiro atoms. The average molecular weight is 449 g/mol. The Labute approximate surface area is 187 Å². The summed E-state index contributed by atoms with van der Waals surface area (Å²) < 4.78 is 38.1. The van der Waals surface area contributed by atoms with Crippen LogP contribution in [0.5, 0.6) is 0 Å². The fraction of sp³-hybridized carbons (Fsp3) is 0.0435. The first-order chi connectivity index (χ1) is 16.0. The lowest BCUT2D eigenvalue weighted by molar-refractivity contribution is -0.137. The average Bonchev–Trinajstić information content (AvgIpc) is 2.80. The maximum absolute atomic E-state index is 12.7. The molecular weight excluding hydrogens is 431 g/mol. The van der Waals surface area contributed by atoms with Crippen molar-refractivity contribution in [1.29, 1.82) is 0 Å². The molecule has 0 fully saturated rings. The first-order valence-electron chi connectivity index (χ1n) is 9.82. The lowest BCUT2D eigenvalue weighted by atomic mass is 10.1. The molecule has 7 nitrogen and oxygen atoms in total. The molecular formula is C23H18F3N7. The highest BCUT2D eigenvalue weighted by Gasteiger charge is 2.29. The molecule has 0 aliphatic rings. The molecule has 0 radical (unpaired) electrons. The van der Waals surface area contributed by atoms with Gasteiger partial charge in [-0.2, -0.15) is 33.2 Å². The number of rotatable bonds is 7. The van der Waals surface area contributed by atoms with E-state index < -0.39 is 11.7 Å². The van der Waals surface area contributed by atoms with Crippen molar-refractivity contribution in [2.75, 3.05) is 16.1 Å². The van der Waals surface area contributed by atoms with Crippen molar-refractivity contribution in [2.24, 2.45) is 5.10 Å². The summed E-state index contributed by atoms with van der Waals surface area (Å²) in [6.45, 7) is 0. The van der Waals surface area contributed by atoms with E-state index in [9.17, 15) is 13.2 Å². The van der Waals surface area contributed by atoms with Gasteiger partial charge in [0.25, 0.3) is 0 Å². The first kappa shape index (κ1) is 21.8. The van der Waals surface area contributed by atoms with E-state index in [1.54, 1.807) is 0 Å². The van der Waals surface area contributed by atoms with Crippen LogP contribution in [-0.4, -0.2) is 21.2 Å². The number of hydrazone groups is 1. The fourth-order valence-electron chi connectivity index (χ4n) is 2.76. The Bertz CT molecular complexity index is 1150. The van der Waals surface area contributed by atoms with Crippen LogP contribution < -0.4 is 16.1 Å². The highest BCUT2D eigenvalue weighted by atomic mass is 19.4. The largest absolute Gasteiger partial charge is 0.416 e. The zero-order valence-corrected chi connectivity index (χ0v) is 17.1.